The number of aromatic hydroxyl groups is 1. The number of rotatable bonds is 5. The third-order valence-corrected chi connectivity index (χ3v) is 5.18. The zero-order valence-corrected chi connectivity index (χ0v) is 15.8. The molecular weight excluding hydrogens is 352 g/mol. The Bertz CT molecular complexity index is 959. The summed E-state index contributed by atoms with van der Waals surface area (Å²) in [6.07, 6.45) is 0.308. The standard InChI is InChI=1S/C23H24N2O3/c26-21-10-3-4-11-22(21)28-17-12-23(27)25-15-13-24(14-16-25)20-9-5-7-18-6-1-2-8-19(18)20/h1-11,26H,12-17H2. The van der Waals surface area contributed by atoms with Crippen molar-refractivity contribution in [2.45, 2.75) is 6.42 Å². The van der Waals surface area contributed by atoms with Crippen molar-refractivity contribution >= 4 is 22.4 Å². The predicted octanol–water partition coefficient (Wildman–Crippen LogP) is 3.66. The van der Waals surface area contributed by atoms with Crippen LogP contribution in [0.1, 0.15) is 6.42 Å². The van der Waals surface area contributed by atoms with Gasteiger partial charge in [-0.2, -0.15) is 0 Å². The van der Waals surface area contributed by atoms with E-state index >= 15 is 0 Å². The molecule has 0 radical (unpaired) electrons. The Morgan fingerprint density at radius 1 is 0.893 bits per heavy atom. The van der Waals surface area contributed by atoms with Crippen LogP contribution in [0.2, 0.25) is 0 Å². The number of nitrogens with zero attached hydrogens (tertiary/aromatic N) is 2. The molecule has 28 heavy (non-hydrogen) atoms. The fourth-order valence-corrected chi connectivity index (χ4v) is 3.67. The van der Waals surface area contributed by atoms with Crippen LogP contribution in [-0.4, -0.2) is 48.7 Å². The lowest BCUT2D eigenvalue weighted by Crippen LogP contribution is -2.49. The maximum Gasteiger partial charge on any atom is 0.226 e. The van der Waals surface area contributed by atoms with Crippen LogP contribution in [0.3, 0.4) is 0 Å². The second-order valence-corrected chi connectivity index (χ2v) is 6.93. The van der Waals surface area contributed by atoms with Crippen LogP contribution in [-0.2, 0) is 4.79 Å². The third kappa shape index (κ3) is 3.88. The molecule has 1 amide bonds. The van der Waals surface area contributed by atoms with Gasteiger partial charge in [0.15, 0.2) is 11.5 Å². The fourth-order valence-electron chi connectivity index (χ4n) is 3.67. The fraction of sp³-hybridized carbons (Fsp3) is 0.261. The van der Waals surface area contributed by atoms with E-state index in [0.29, 0.717) is 25.3 Å². The Morgan fingerprint density at radius 3 is 2.43 bits per heavy atom. The van der Waals surface area contributed by atoms with Crippen LogP contribution in [0.4, 0.5) is 5.69 Å². The quantitative estimate of drug-likeness (QED) is 0.738. The Labute approximate surface area is 164 Å². The van der Waals surface area contributed by atoms with Gasteiger partial charge in [0, 0.05) is 37.3 Å². The van der Waals surface area contributed by atoms with Crippen LogP contribution in [0, 0.1) is 0 Å². The average molecular weight is 376 g/mol. The molecule has 1 fully saturated rings. The van der Waals surface area contributed by atoms with E-state index in [9.17, 15) is 9.90 Å². The number of hydrogen-bond acceptors (Lipinski definition) is 4. The molecule has 1 saturated heterocycles. The van der Waals surface area contributed by atoms with Gasteiger partial charge in [-0.25, -0.2) is 0 Å². The van der Waals surface area contributed by atoms with Gasteiger partial charge in [0.1, 0.15) is 0 Å². The Hall–Kier alpha value is -3.21. The molecule has 1 aliphatic rings. The molecule has 0 spiro atoms. The van der Waals surface area contributed by atoms with Crippen LogP contribution in [0.5, 0.6) is 11.5 Å². The number of carbonyl (C=O) groups excluding carboxylic acids is 1. The molecule has 0 atom stereocenters. The van der Waals surface area contributed by atoms with Crippen molar-refractivity contribution in [1.29, 1.82) is 0 Å². The molecule has 3 aromatic rings. The van der Waals surface area contributed by atoms with Crippen molar-refractivity contribution < 1.29 is 14.6 Å². The first-order valence-corrected chi connectivity index (χ1v) is 9.63. The minimum atomic E-state index is 0.0907. The molecule has 3 aromatic carbocycles. The summed E-state index contributed by atoms with van der Waals surface area (Å²) < 4.78 is 5.53. The number of para-hydroxylation sites is 2. The zero-order chi connectivity index (χ0) is 19.3. The van der Waals surface area contributed by atoms with Gasteiger partial charge in [-0.3, -0.25) is 4.79 Å². The van der Waals surface area contributed by atoms with Crippen LogP contribution in [0.15, 0.2) is 66.7 Å². The smallest absolute Gasteiger partial charge is 0.226 e. The molecule has 144 valence electrons. The van der Waals surface area contributed by atoms with Gasteiger partial charge in [-0.05, 0) is 23.6 Å². The van der Waals surface area contributed by atoms with Crippen LogP contribution in [0.25, 0.3) is 10.8 Å². The van der Waals surface area contributed by atoms with E-state index in [4.69, 9.17) is 4.74 Å². The predicted molar refractivity (Wildman–Crippen MR) is 111 cm³/mol. The van der Waals surface area contributed by atoms with Crippen molar-refractivity contribution in [2.24, 2.45) is 0 Å². The normalized spacial score (nSPS) is 14.3. The number of hydrogen-bond donors (Lipinski definition) is 1. The third-order valence-electron chi connectivity index (χ3n) is 5.18. The lowest BCUT2D eigenvalue weighted by atomic mass is 10.1. The summed E-state index contributed by atoms with van der Waals surface area (Å²) in [5.74, 6) is 0.600. The van der Waals surface area contributed by atoms with Gasteiger partial charge in [-0.1, -0.05) is 48.5 Å². The molecule has 1 heterocycles. The molecule has 4 rings (SSSR count). The van der Waals surface area contributed by atoms with Crippen molar-refractivity contribution in [3.63, 3.8) is 0 Å². The molecule has 0 unspecified atom stereocenters. The number of amides is 1. The summed E-state index contributed by atoms with van der Waals surface area (Å²) in [4.78, 5) is 16.7. The second kappa shape index (κ2) is 8.21. The number of anilines is 1. The van der Waals surface area contributed by atoms with Gasteiger partial charge in [0.2, 0.25) is 5.91 Å². The summed E-state index contributed by atoms with van der Waals surface area (Å²) in [5.41, 5.74) is 1.23. The number of phenols is 1. The van der Waals surface area contributed by atoms with E-state index in [1.807, 2.05) is 4.90 Å². The Balaban J connectivity index is 1.31. The molecule has 1 aliphatic heterocycles. The number of piperazine rings is 1. The molecule has 5 nitrogen and oxygen atoms in total. The number of benzene rings is 3. The van der Waals surface area contributed by atoms with Crippen molar-refractivity contribution in [3.05, 3.63) is 66.7 Å². The summed E-state index contributed by atoms with van der Waals surface area (Å²) in [6, 6.07) is 21.6. The van der Waals surface area contributed by atoms with Gasteiger partial charge in [-0.15, -0.1) is 0 Å². The maximum atomic E-state index is 12.5. The van der Waals surface area contributed by atoms with E-state index in [1.165, 1.54) is 16.5 Å². The highest BCUT2D eigenvalue weighted by molar-refractivity contribution is 5.94. The monoisotopic (exact) mass is 376 g/mol. The van der Waals surface area contributed by atoms with Crippen LogP contribution < -0.4 is 9.64 Å². The molecule has 0 saturated carbocycles. The van der Waals surface area contributed by atoms with Gasteiger partial charge >= 0.3 is 0 Å². The summed E-state index contributed by atoms with van der Waals surface area (Å²) in [5, 5.41) is 12.2. The number of ether oxygens (including phenoxy) is 1. The molecule has 0 bridgehead atoms. The molecule has 5 heteroatoms. The highest BCUT2D eigenvalue weighted by Crippen LogP contribution is 2.28. The average Bonchev–Trinajstić information content (AvgIpc) is 2.75. The highest BCUT2D eigenvalue weighted by atomic mass is 16.5. The summed E-state index contributed by atoms with van der Waals surface area (Å²) >= 11 is 0. The zero-order valence-electron chi connectivity index (χ0n) is 15.8. The lowest BCUT2D eigenvalue weighted by molar-refractivity contribution is -0.132. The van der Waals surface area contributed by atoms with Gasteiger partial charge in [0.25, 0.3) is 0 Å². The minimum absolute atomic E-state index is 0.0907. The first-order valence-electron chi connectivity index (χ1n) is 9.63. The first kappa shape index (κ1) is 18.2. The lowest BCUT2D eigenvalue weighted by Gasteiger charge is -2.36. The van der Waals surface area contributed by atoms with Gasteiger partial charge < -0.3 is 19.6 Å². The largest absolute Gasteiger partial charge is 0.504 e. The van der Waals surface area contributed by atoms with Crippen molar-refractivity contribution in [3.8, 4) is 11.5 Å². The Morgan fingerprint density at radius 2 is 1.61 bits per heavy atom. The van der Waals surface area contributed by atoms with Crippen LogP contribution >= 0.6 is 0 Å². The minimum Gasteiger partial charge on any atom is -0.504 e. The summed E-state index contributed by atoms with van der Waals surface area (Å²) in [6.45, 7) is 3.32. The topological polar surface area (TPSA) is 53.0 Å². The summed E-state index contributed by atoms with van der Waals surface area (Å²) in [7, 11) is 0. The maximum absolute atomic E-state index is 12.5. The van der Waals surface area contributed by atoms with E-state index in [-0.39, 0.29) is 18.3 Å². The van der Waals surface area contributed by atoms with Crippen molar-refractivity contribution in [1.82, 2.24) is 4.90 Å². The molecule has 0 aliphatic carbocycles. The molecular formula is C23H24N2O3. The molecule has 1 N–H and O–H groups in total. The highest BCUT2D eigenvalue weighted by Gasteiger charge is 2.22. The SMILES string of the molecule is O=C(CCOc1ccccc1O)N1CCN(c2cccc3ccccc23)CC1. The number of phenolic OH excluding ortho intramolecular Hbond substituents is 1. The molecule has 0 aromatic heterocycles. The second-order valence-electron chi connectivity index (χ2n) is 6.93. The Kier molecular flexibility index (Phi) is 5.33. The van der Waals surface area contributed by atoms with E-state index in [1.54, 1.807) is 24.3 Å². The van der Waals surface area contributed by atoms with E-state index < -0.39 is 0 Å². The van der Waals surface area contributed by atoms with E-state index in [0.717, 1.165) is 13.1 Å². The van der Waals surface area contributed by atoms with Crippen molar-refractivity contribution in [2.75, 3.05) is 37.7 Å². The first-order chi connectivity index (χ1) is 13.7. The van der Waals surface area contributed by atoms with Gasteiger partial charge in [0.05, 0.1) is 13.0 Å². The number of fused-ring (bicyclic) bond motifs is 1. The van der Waals surface area contributed by atoms with E-state index in [2.05, 4.69) is 47.4 Å². The number of carbonyl (C=O) groups is 1.